The molecule has 1 saturated heterocycles. The Balaban J connectivity index is 2.45. The van der Waals surface area contributed by atoms with Crippen LogP contribution in [0.4, 0.5) is 0 Å². The Labute approximate surface area is 80.7 Å². The van der Waals surface area contributed by atoms with Crippen LogP contribution in [-0.4, -0.2) is 19.0 Å². The summed E-state index contributed by atoms with van der Waals surface area (Å²) in [6.45, 7) is 7.70. The van der Waals surface area contributed by atoms with Gasteiger partial charge in [-0.3, -0.25) is 4.79 Å². The summed E-state index contributed by atoms with van der Waals surface area (Å²) in [6.07, 6.45) is 2.11. The van der Waals surface area contributed by atoms with E-state index < -0.39 is 0 Å². The predicted molar refractivity (Wildman–Crippen MR) is 52.6 cm³/mol. The third-order valence-electron chi connectivity index (χ3n) is 2.99. The van der Waals surface area contributed by atoms with Crippen molar-refractivity contribution in [2.45, 2.75) is 33.6 Å². The Morgan fingerprint density at radius 1 is 1.23 bits per heavy atom. The van der Waals surface area contributed by atoms with Crippen molar-refractivity contribution >= 4 is 5.78 Å². The Hall–Kier alpha value is -0.370. The average Bonchev–Trinajstić information content (AvgIpc) is 2.17. The fraction of sp³-hybridized carbons (Fsp3) is 0.909. The molecule has 0 unspecified atom stereocenters. The number of rotatable bonds is 3. The SMILES string of the molecule is CC(C)C(=O)[C@@H](C)C1CCOCC1. The van der Waals surface area contributed by atoms with Gasteiger partial charge in [-0.2, -0.15) is 0 Å². The molecule has 13 heavy (non-hydrogen) atoms. The van der Waals surface area contributed by atoms with Gasteiger partial charge in [0.2, 0.25) is 0 Å². The van der Waals surface area contributed by atoms with Crippen molar-refractivity contribution in [2.75, 3.05) is 13.2 Å². The van der Waals surface area contributed by atoms with E-state index in [4.69, 9.17) is 4.74 Å². The molecule has 0 spiro atoms. The lowest BCUT2D eigenvalue weighted by molar-refractivity contribution is -0.128. The van der Waals surface area contributed by atoms with E-state index in [0.717, 1.165) is 26.1 Å². The van der Waals surface area contributed by atoms with Gasteiger partial charge in [-0.15, -0.1) is 0 Å². The smallest absolute Gasteiger partial charge is 0.138 e. The average molecular weight is 184 g/mol. The normalized spacial score (nSPS) is 21.8. The van der Waals surface area contributed by atoms with Crippen LogP contribution in [0.15, 0.2) is 0 Å². The second kappa shape index (κ2) is 4.75. The quantitative estimate of drug-likeness (QED) is 0.672. The molecule has 0 aromatic rings. The van der Waals surface area contributed by atoms with Crippen LogP contribution in [0.1, 0.15) is 33.6 Å². The Bertz CT molecular complexity index is 169. The van der Waals surface area contributed by atoms with Crippen molar-refractivity contribution in [1.29, 1.82) is 0 Å². The zero-order valence-electron chi connectivity index (χ0n) is 8.88. The first-order valence-corrected chi connectivity index (χ1v) is 5.24. The van der Waals surface area contributed by atoms with E-state index in [1.807, 2.05) is 13.8 Å². The van der Waals surface area contributed by atoms with E-state index in [1.165, 1.54) is 0 Å². The molecule has 2 heteroatoms. The van der Waals surface area contributed by atoms with Crippen molar-refractivity contribution in [1.82, 2.24) is 0 Å². The number of ketones is 1. The maximum absolute atomic E-state index is 11.7. The summed E-state index contributed by atoms with van der Waals surface area (Å²) in [5.74, 6) is 1.37. The molecule has 1 fully saturated rings. The van der Waals surface area contributed by atoms with Crippen molar-refractivity contribution < 1.29 is 9.53 Å². The summed E-state index contributed by atoms with van der Waals surface area (Å²) in [4.78, 5) is 11.7. The Morgan fingerprint density at radius 3 is 2.23 bits per heavy atom. The van der Waals surface area contributed by atoms with Crippen molar-refractivity contribution in [3.05, 3.63) is 0 Å². The lowest BCUT2D eigenvalue weighted by Crippen LogP contribution is -2.29. The lowest BCUT2D eigenvalue weighted by Gasteiger charge is -2.27. The number of hydrogen-bond acceptors (Lipinski definition) is 2. The molecule has 0 aromatic heterocycles. The maximum Gasteiger partial charge on any atom is 0.138 e. The number of ether oxygens (including phenoxy) is 1. The van der Waals surface area contributed by atoms with Crippen LogP contribution in [0, 0.1) is 17.8 Å². The number of Topliss-reactive ketones (excluding diaryl/α,β-unsaturated/α-hetero) is 1. The molecule has 0 aliphatic carbocycles. The molecule has 76 valence electrons. The predicted octanol–water partition coefficient (Wildman–Crippen LogP) is 2.27. The summed E-state index contributed by atoms with van der Waals surface area (Å²) < 4.78 is 5.28. The summed E-state index contributed by atoms with van der Waals surface area (Å²) >= 11 is 0. The molecule has 0 amide bonds. The molecule has 0 saturated carbocycles. The summed E-state index contributed by atoms with van der Waals surface area (Å²) in [5, 5.41) is 0. The molecular formula is C11H20O2. The van der Waals surface area contributed by atoms with Crippen molar-refractivity contribution in [3.63, 3.8) is 0 Å². The molecular weight excluding hydrogens is 164 g/mol. The zero-order chi connectivity index (χ0) is 9.84. The first kappa shape index (κ1) is 10.7. The van der Waals surface area contributed by atoms with Crippen LogP contribution in [0.25, 0.3) is 0 Å². The van der Waals surface area contributed by atoms with E-state index in [-0.39, 0.29) is 11.8 Å². The highest BCUT2D eigenvalue weighted by molar-refractivity contribution is 5.82. The monoisotopic (exact) mass is 184 g/mol. The fourth-order valence-corrected chi connectivity index (χ4v) is 1.97. The molecule has 2 nitrogen and oxygen atoms in total. The van der Waals surface area contributed by atoms with Crippen LogP contribution in [0.5, 0.6) is 0 Å². The number of hydrogen-bond donors (Lipinski definition) is 0. The molecule has 1 aliphatic heterocycles. The number of carbonyl (C=O) groups excluding carboxylic acids is 1. The molecule has 1 aliphatic rings. The van der Waals surface area contributed by atoms with Gasteiger partial charge in [-0.25, -0.2) is 0 Å². The van der Waals surface area contributed by atoms with Crippen LogP contribution in [0.3, 0.4) is 0 Å². The highest BCUT2D eigenvalue weighted by atomic mass is 16.5. The van der Waals surface area contributed by atoms with E-state index >= 15 is 0 Å². The second-order valence-corrected chi connectivity index (χ2v) is 4.30. The van der Waals surface area contributed by atoms with Crippen molar-refractivity contribution in [3.8, 4) is 0 Å². The van der Waals surface area contributed by atoms with Crippen LogP contribution in [0.2, 0.25) is 0 Å². The second-order valence-electron chi connectivity index (χ2n) is 4.30. The van der Waals surface area contributed by atoms with Gasteiger partial charge in [0.1, 0.15) is 5.78 Å². The topological polar surface area (TPSA) is 26.3 Å². The van der Waals surface area contributed by atoms with Gasteiger partial charge in [0.25, 0.3) is 0 Å². The fourth-order valence-electron chi connectivity index (χ4n) is 1.97. The van der Waals surface area contributed by atoms with Gasteiger partial charge >= 0.3 is 0 Å². The third-order valence-corrected chi connectivity index (χ3v) is 2.99. The van der Waals surface area contributed by atoms with Gasteiger partial charge in [-0.1, -0.05) is 20.8 Å². The van der Waals surface area contributed by atoms with Gasteiger partial charge in [0.05, 0.1) is 0 Å². The van der Waals surface area contributed by atoms with E-state index in [1.54, 1.807) is 0 Å². The molecule has 0 radical (unpaired) electrons. The number of carbonyl (C=O) groups is 1. The molecule has 1 heterocycles. The highest BCUT2D eigenvalue weighted by Gasteiger charge is 2.26. The lowest BCUT2D eigenvalue weighted by atomic mass is 9.81. The van der Waals surface area contributed by atoms with Gasteiger partial charge in [0, 0.05) is 25.0 Å². The third kappa shape index (κ3) is 2.80. The van der Waals surface area contributed by atoms with E-state index in [0.29, 0.717) is 11.7 Å². The first-order chi connectivity index (χ1) is 6.13. The Morgan fingerprint density at radius 2 is 1.77 bits per heavy atom. The highest BCUT2D eigenvalue weighted by Crippen LogP contribution is 2.25. The van der Waals surface area contributed by atoms with Gasteiger partial charge in [-0.05, 0) is 18.8 Å². The summed E-state index contributed by atoms with van der Waals surface area (Å²) in [6, 6.07) is 0. The molecule has 0 bridgehead atoms. The summed E-state index contributed by atoms with van der Waals surface area (Å²) in [7, 11) is 0. The van der Waals surface area contributed by atoms with Crippen LogP contribution < -0.4 is 0 Å². The molecule has 1 rings (SSSR count). The molecule has 1 atom stereocenters. The summed E-state index contributed by atoms with van der Waals surface area (Å²) in [5.41, 5.74) is 0. The largest absolute Gasteiger partial charge is 0.381 e. The maximum atomic E-state index is 11.7. The van der Waals surface area contributed by atoms with Gasteiger partial charge < -0.3 is 4.74 Å². The van der Waals surface area contributed by atoms with E-state index in [9.17, 15) is 4.79 Å². The van der Waals surface area contributed by atoms with Crippen LogP contribution >= 0.6 is 0 Å². The van der Waals surface area contributed by atoms with Crippen LogP contribution in [-0.2, 0) is 9.53 Å². The first-order valence-electron chi connectivity index (χ1n) is 5.24. The minimum atomic E-state index is 0.179. The Kier molecular flexibility index (Phi) is 3.91. The van der Waals surface area contributed by atoms with E-state index in [2.05, 4.69) is 6.92 Å². The zero-order valence-corrected chi connectivity index (χ0v) is 8.88. The van der Waals surface area contributed by atoms with Gasteiger partial charge in [0.15, 0.2) is 0 Å². The standard InChI is InChI=1S/C11H20O2/c1-8(2)11(12)9(3)10-4-6-13-7-5-10/h8-10H,4-7H2,1-3H3/t9-/m0/s1. The minimum absolute atomic E-state index is 0.179. The molecule has 0 N–H and O–H groups in total. The molecule has 0 aromatic carbocycles. The minimum Gasteiger partial charge on any atom is -0.381 e. The van der Waals surface area contributed by atoms with Crippen molar-refractivity contribution in [2.24, 2.45) is 17.8 Å².